The van der Waals surface area contributed by atoms with Gasteiger partial charge in [-0.15, -0.1) is 0 Å². The minimum atomic E-state index is -0.688. The van der Waals surface area contributed by atoms with Crippen LogP contribution in [0.15, 0.2) is 21.2 Å². The van der Waals surface area contributed by atoms with Crippen molar-refractivity contribution in [2.24, 2.45) is 0 Å². The van der Waals surface area contributed by atoms with Gasteiger partial charge in [-0.05, 0) is 37.9 Å². The smallest absolute Gasteiger partial charge is 0.120 e. The van der Waals surface area contributed by atoms with Crippen molar-refractivity contribution in [1.82, 2.24) is 4.98 Å². The number of aliphatic hydroxyl groups excluding tert-OH is 1. The highest BCUT2D eigenvalue weighted by atomic mass is 79.9. The molecule has 0 saturated heterocycles. The van der Waals surface area contributed by atoms with Gasteiger partial charge in [-0.2, -0.15) is 0 Å². The number of aromatic nitrogens is 1. The van der Waals surface area contributed by atoms with Crippen molar-refractivity contribution in [3.8, 4) is 0 Å². The fourth-order valence-electron chi connectivity index (χ4n) is 0.907. The first-order valence-corrected chi connectivity index (χ1v) is 5.21. The summed E-state index contributed by atoms with van der Waals surface area (Å²) < 4.78 is 6.46. The van der Waals surface area contributed by atoms with Crippen LogP contribution in [-0.2, 0) is 4.74 Å². The average Bonchev–Trinajstić information content (AvgIpc) is 2.04. The minimum Gasteiger partial charge on any atom is -0.384 e. The molecule has 1 heterocycles. The first-order chi connectivity index (χ1) is 6.15. The van der Waals surface area contributed by atoms with Gasteiger partial charge in [-0.3, -0.25) is 4.98 Å². The molecule has 1 rings (SSSR count). The van der Waals surface area contributed by atoms with E-state index in [9.17, 15) is 5.11 Å². The van der Waals surface area contributed by atoms with Crippen molar-refractivity contribution in [2.45, 2.75) is 6.10 Å². The SMILES string of the molecule is COCC(O)c1ncc(Br)cc1Br. The van der Waals surface area contributed by atoms with Crippen LogP contribution in [0.4, 0.5) is 0 Å². The highest BCUT2D eigenvalue weighted by molar-refractivity contribution is 9.11. The van der Waals surface area contributed by atoms with E-state index < -0.39 is 6.10 Å². The third-order valence-corrected chi connectivity index (χ3v) is 2.55. The molecule has 1 N–H and O–H groups in total. The quantitative estimate of drug-likeness (QED) is 0.931. The molecule has 0 aliphatic heterocycles. The Hall–Kier alpha value is 0.0300. The van der Waals surface area contributed by atoms with Crippen molar-refractivity contribution in [2.75, 3.05) is 13.7 Å². The molecule has 0 amide bonds. The first-order valence-electron chi connectivity index (χ1n) is 3.63. The van der Waals surface area contributed by atoms with Crippen LogP contribution >= 0.6 is 31.9 Å². The summed E-state index contributed by atoms with van der Waals surface area (Å²) in [6.07, 6.45) is 0.950. The molecule has 0 saturated carbocycles. The average molecular weight is 311 g/mol. The van der Waals surface area contributed by atoms with E-state index in [-0.39, 0.29) is 6.61 Å². The summed E-state index contributed by atoms with van der Waals surface area (Å²) >= 11 is 6.59. The predicted octanol–water partition coefficient (Wildman–Crippen LogP) is 2.29. The maximum Gasteiger partial charge on any atom is 0.120 e. The molecule has 0 radical (unpaired) electrons. The van der Waals surface area contributed by atoms with E-state index >= 15 is 0 Å². The fourth-order valence-corrected chi connectivity index (χ4v) is 2.16. The van der Waals surface area contributed by atoms with Crippen LogP contribution in [0.25, 0.3) is 0 Å². The summed E-state index contributed by atoms with van der Waals surface area (Å²) in [6, 6.07) is 1.83. The van der Waals surface area contributed by atoms with Gasteiger partial charge in [0.05, 0.1) is 12.3 Å². The Morgan fingerprint density at radius 2 is 2.31 bits per heavy atom. The molecule has 0 fully saturated rings. The fraction of sp³-hybridized carbons (Fsp3) is 0.375. The molecule has 0 aromatic carbocycles. The number of nitrogens with zero attached hydrogens (tertiary/aromatic N) is 1. The van der Waals surface area contributed by atoms with Gasteiger partial charge in [0.15, 0.2) is 0 Å². The highest BCUT2D eigenvalue weighted by Gasteiger charge is 2.12. The molecule has 0 aliphatic rings. The monoisotopic (exact) mass is 309 g/mol. The van der Waals surface area contributed by atoms with Crippen molar-refractivity contribution in [1.29, 1.82) is 0 Å². The minimum absolute atomic E-state index is 0.243. The van der Waals surface area contributed by atoms with Gasteiger partial charge in [-0.1, -0.05) is 0 Å². The Morgan fingerprint density at radius 1 is 1.62 bits per heavy atom. The second-order valence-electron chi connectivity index (χ2n) is 2.49. The van der Waals surface area contributed by atoms with Crippen molar-refractivity contribution in [3.05, 3.63) is 26.9 Å². The van der Waals surface area contributed by atoms with Crippen LogP contribution in [0.1, 0.15) is 11.8 Å². The van der Waals surface area contributed by atoms with Gasteiger partial charge in [0.1, 0.15) is 6.10 Å². The van der Waals surface area contributed by atoms with E-state index in [1.165, 1.54) is 7.11 Å². The molecule has 0 aliphatic carbocycles. The van der Waals surface area contributed by atoms with Crippen LogP contribution < -0.4 is 0 Å². The molecule has 72 valence electrons. The van der Waals surface area contributed by atoms with Crippen LogP contribution in [-0.4, -0.2) is 23.8 Å². The van der Waals surface area contributed by atoms with Gasteiger partial charge >= 0.3 is 0 Å². The van der Waals surface area contributed by atoms with Gasteiger partial charge in [0, 0.05) is 22.3 Å². The molecule has 1 aromatic heterocycles. The van der Waals surface area contributed by atoms with Gasteiger partial charge < -0.3 is 9.84 Å². The number of hydrogen-bond acceptors (Lipinski definition) is 3. The standard InChI is InChI=1S/C8H9Br2NO2/c1-13-4-7(12)8-6(10)2-5(9)3-11-8/h2-3,7,12H,4H2,1H3. The molecule has 1 unspecified atom stereocenters. The van der Waals surface area contributed by atoms with E-state index in [1.807, 2.05) is 6.07 Å². The third kappa shape index (κ3) is 3.02. The Labute approximate surface area is 93.4 Å². The van der Waals surface area contributed by atoms with Gasteiger partial charge in [0.2, 0.25) is 0 Å². The van der Waals surface area contributed by atoms with Crippen LogP contribution in [0.3, 0.4) is 0 Å². The largest absolute Gasteiger partial charge is 0.384 e. The van der Waals surface area contributed by atoms with Gasteiger partial charge in [0.25, 0.3) is 0 Å². The molecule has 1 atom stereocenters. The Balaban J connectivity index is 2.88. The third-order valence-electron chi connectivity index (χ3n) is 1.48. The lowest BCUT2D eigenvalue weighted by Gasteiger charge is -2.10. The van der Waals surface area contributed by atoms with E-state index in [0.717, 1.165) is 8.95 Å². The van der Waals surface area contributed by atoms with Crippen LogP contribution in [0, 0.1) is 0 Å². The molecule has 0 spiro atoms. The number of halogens is 2. The zero-order valence-electron chi connectivity index (χ0n) is 7.00. The van der Waals surface area contributed by atoms with Crippen LogP contribution in [0.2, 0.25) is 0 Å². The number of ether oxygens (including phenoxy) is 1. The van der Waals surface area contributed by atoms with Crippen molar-refractivity contribution in [3.63, 3.8) is 0 Å². The van der Waals surface area contributed by atoms with Gasteiger partial charge in [-0.25, -0.2) is 0 Å². The molecule has 1 aromatic rings. The van der Waals surface area contributed by atoms with E-state index in [4.69, 9.17) is 4.74 Å². The van der Waals surface area contributed by atoms with Crippen LogP contribution in [0.5, 0.6) is 0 Å². The second kappa shape index (κ2) is 5.05. The lowest BCUT2D eigenvalue weighted by Crippen LogP contribution is -2.07. The van der Waals surface area contributed by atoms with E-state index in [0.29, 0.717) is 5.69 Å². The predicted molar refractivity (Wildman–Crippen MR) is 56.5 cm³/mol. The maximum atomic E-state index is 9.56. The Morgan fingerprint density at radius 3 is 2.85 bits per heavy atom. The lowest BCUT2D eigenvalue weighted by molar-refractivity contribution is 0.0612. The molecule has 0 bridgehead atoms. The molecule has 3 nitrogen and oxygen atoms in total. The summed E-state index contributed by atoms with van der Waals surface area (Å²) in [7, 11) is 1.54. The number of rotatable bonds is 3. The summed E-state index contributed by atoms with van der Waals surface area (Å²) in [5.41, 5.74) is 0.588. The molecule has 13 heavy (non-hydrogen) atoms. The zero-order valence-corrected chi connectivity index (χ0v) is 10.2. The Kier molecular flexibility index (Phi) is 4.31. The molecular weight excluding hydrogens is 302 g/mol. The number of hydrogen-bond donors (Lipinski definition) is 1. The summed E-state index contributed by atoms with van der Waals surface area (Å²) in [4.78, 5) is 4.07. The van der Waals surface area contributed by atoms with E-state index in [1.54, 1.807) is 6.20 Å². The second-order valence-corrected chi connectivity index (χ2v) is 4.26. The molecule has 5 heteroatoms. The number of methoxy groups -OCH3 is 1. The number of pyridine rings is 1. The van der Waals surface area contributed by atoms with Crippen molar-refractivity contribution >= 4 is 31.9 Å². The highest BCUT2D eigenvalue weighted by Crippen LogP contribution is 2.24. The maximum absolute atomic E-state index is 9.56. The lowest BCUT2D eigenvalue weighted by atomic mass is 10.2. The first kappa shape index (κ1) is 11.1. The van der Waals surface area contributed by atoms with E-state index in [2.05, 4.69) is 36.8 Å². The molecular formula is C8H9Br2NO2. The normalized spacial score (nSPS) is 12.9. The summed E-state index contributed by atoms with van der Waals surface area (Å²) in [5.74, 6) is 0. The topological polar surface area (TPSA) is 42.4 Å². The zero-order chi connectivity index (χ0) is 9.84. The summed E-state index contributed by atoms with van der Waals surface area (Å²) in [6.45, 7) is 0.243. The van der Waals surface area contributed by atoms with Crippen molar-refractivity contribution < 1.29 is 9.84 Å². The summed E-state index contributed by atoms with van der Waals surface area (Å²) in [5, 5.41) is 9.56. The number of aliphatic hydroxyl groups is 1. The Bertz CT molecular complexity index is 293.